The summed E-state index contributed by atoms with van der Waals surface area (Å²) >= 11 is 0. The van der Waals surface area contributed by atoms with Crippen molar-refractivity contribution in [3.8, 4) is 0 Å². The van der Waals surface area contributed by atoms with Crippen LogP contribution < -0.4 is 5.32 Å². The van der Waals surface area contributed by atoms with Crippen LogP contribution in [0.5, 0.6) is 0 Å². The third kappa shape index (κ3) is 6.07. The zero-order valence-corrected chi connectivity index (χ0v) is 17.0. The molecular weight excluding hydrogens is 278 g/mol. The average molecular weight is 324 g/mol. The molecule has 1 saturated heterocycles. The fraction of sp³-hybridized carbons (Fsp3) is 1.00. The van der Waals surface area contributed by atoms with Crippen LogP contribution >= 0.6 is 0 Å². The molecule has 3 unspecified atom stereocenters. The van der Waals surface area contributed by atoms with Crippen LogP contribution in [0.1, 0.15) is 112 Å². The van der Waals surface area contributed by atoms with Gasteiger partial charge in [0.15, 0.2) is 0 Å². The monoisotopic (exact) mass is 323 g/mol. The van der Waals surface area contributed by atoms with Crippen molar-refractivity contribution in [1.29, 1.82) is 0 Å². The first-order valence-electron chi connectivity index (χ1n) is 10.7. The number of rotatable bonds is 12. The second-order valence-electron chi connectivity index (χ2n) is 8.82. The molecule has 0 radical (unpaired) electrons. The van der Waals surface area contributed by atoms with Gasteiger partial charge in [-0.3, -0.25) is 0 Å². The third-order valence-electron chi connectivity index (χ3n) is 7.13. The van der Waals surface area contributed by atoms with E-state index in [-0.39, 0.29) is 0 Å². The summed E-state index contributed by atoms with van der Waals surface area (Å²) in [5.74, 6) is 0.857. The van der Waals surface area contributed by atoms with Gasteiger partial charge in [0.25, 0.3) is 0 Å². The van der Waals surface area contributed by atoms with Gasteiger partial charge in [-0.1, -0.05) is 92.4 Å². The van der Waals surface area contributed by atoms with Gasteiger partial charge < -0.3 is 5.32 Å². The van der Waals surface area contributed by atoms with E-state index in [9.17, 15) is 0 Å². The Labute approximate surface area is 147 Å². The third-order valence-corrected chi connectivity index (χ3v) is 7.13. The Morgan fingerprint density at radius 3 is 1.96 bits per heavy atom. The molecule has 0 amide bonds. The van der Waals surface area contributed by atoms with Gasteiger partial charge in [0.05, 0.1) is 0 Å². The molecule has 1 heterocycles. The summed E-state index contributed by atoms with van der Waals surface area (Å²) in [6.07, 6.45) is 16.9. The Bertz CT molecular complexity index is 300. The highest BCUT2D eigenvalue weighted by Gasteiger charge is 2.47. The van der Waals surface area contributed by atoms with Crippen LogP contribution in [0, 0.1) is 16.7 Å². The van der Waals surface area contributed by atoms with E-state index in [2.05, 4.69) is 39.9 Å². The van der Waals surface area contributed by atoms with Crippen molar-refractivity contribution in [2.45, 2.75) is 112 Å². The summed E-state index contributed by atoms with van der Waals surface area (Å²) in [5, 5.41) is 3.72. The molecule has 0 aromatic heterocycles. The molecule has 0 aromatic carbocycles. The SMILES string of the molecule is CCCCCCCC(C)(CCCCCC)C1(C)CNCCC1C. The molecule has 0 spiro atoms. The number of nitrogens with one attached hydrogen (secondary N) is 1. The van der Waals surface area contributed by atoms with Crippen molar-refractivity contribution in [2.75, 3.05) is 13.1 Å². The van der Waals surface area contributed by atoms with Gasteiger partial charge in [0.2, 0.25) is 0 Å². The molecule has 1 aliphatic rings. The fourth-order valence-corrected chi connectivity index (χ4v) is 4.72. The highest BCUT2D eigenvalue weighted by Crippen LogP contribution is 2.53. The van der Waals surface area contributed by atoms with Crippen molar-refractivity contribution in [3.05, 3.63) is 0 Å². The second-order valence-corrected chi connectivity index (χ2v) is 8.82. The first kappa shape index (κ1) is 21.0. The van der Waals surface area contributed by atoms with Crippen molar-refractivity contribution >= 4 is 0 Å². The molecule has 3 atom stereocenters. The zero-order chi connectivity index (χ0) is 17.2. The lowest BCUT2D eigenvalue weighted by Gasteiger charge is -2.53. The molecule has 138 valence electrons. The standard InChI is InChI=1S/C22H45N/c1-6-8-10-12-14-17-21(4,16-13-11-9-7-2)22(5)19-23-18-15-20(22)3/h20,23H,6-19H2,1-5H3. The maximum Gasteiger partial charge on any atom is 0.00129 e. The van der Waals surface area contributed by atoms with E-state index >= 15 is 0 Å². The second kappa shape index (κ2) is 10.7. The predicted molar refractivity (Wildman–Crippen MR) is 105 cm³/mol. The molecule has 0 bridgehead atoms. The molecule has 0 aliphatic carbocycles. The fourth-order valence-electron chi connectivity index (χ4n) is 4.72. The van der Waals surface area contributed by atoms with Crippen LogP contribution in [0.3, 0.4) is 0 Å². The summed E-state index contributed by atoms with van der Waals surface area (Å²) in [4.78, 5) is 0. The quantitative estimate of drug-likeness (QED) is 0.383. The molecular formula is C22H45N. The van der Waals surface area contributed by atoms with Crippen molar-refractivity contribution in [3.63, 3.8) is 0 Å². The van der Waals surface area contributed by atoms with Gasteiger partial charge in [-0.2, -0.15) is 0 Å². The minimum Gasteiger partial charge on any atom is -0.316 e. The maximum atomic E-state index is 3.72. The largest absolute Gasteiger partial charge is 0.316 e. The summed E-state index contributed by atoms with van der Waals surface area (Å²) in [6, 6.07) is 0. The van der Waals surface area contributed by atoms with E-state index in [0.717, 1.165) is 5.92 Å². The molecule has 23 heavy (non-hydrogen) atoms. The molecule has 0 saturated carbocycles. The minimum absolute atomic E-state index is 0.474. The molecule has 0 aromatic rings. The smallest absolute Gasteiger partial charge is 0.00129 e. The highest BCUT2D eigenvalue weighted by molar-refractivity contribution is 4.99. The van der Waals surface area contributed by atoms with E-state index in [1.165, 1.54) is 90.1 Å². The van der Waals surface area contributed by atoms with Crippen LogP contribution in [0.2, 0.25) is 0 Å². The summed E-state index contributed by atoms with van der Waals surface area (Å²) in [7, 11) is 0. The van der Waals surface area contributed by atoms with Gasteiger partial charge >= 0.3 is 0 Å². The Morgan fingerprint density at radius 1 is 0.913 bits per heavy atom. The highest BCUT2D eigenvalue weighted by atomic mass is 14.9. The zero-order valence-electron chi connectivity index (χ0n) is 17.0. The van der Waals surface area contributed by atoms with E-state index < -0.39 is 0 Å². The van der Waals surface area contributed by atoms with Gasteiger partial charge in [-0.15, -0.1) is 0 Å². The lowest BCUT2D eigenvalue weighted by atomic mass is 9.54. The predicted octanol–water partition coefficient (Wildman–Crippen LogP) is 6.96. The lowest BCUT2D eigenvalue weighted by Crippen LogP contribution is -2.53. The Hall–Kier alpha value is -0.0400. The molecule has 1 heteroatoms. The van der Waals surface area contributed by atoms with Gasteiger partial charge in [0, 0.05) is 6.54 Å². The number of unbranched alkanes of at least 4 members (excludes halogenated alkanes) is 7. The molecule has 1 nitrogen and oxygen atoms in total. The Balaban J connectivity index is 2.65. The van der Waals surface area contributed by atoms with Crippen molar-refractivity contribution in [2.24, 2.45) is 16.7 Å². The molecule has 1 rings (SSSR count). The minimum atomic E-state index is 0.474. The van der Waals surface area contributed by atoms with Crippen LogP contribution in [0.4, 0.5) is 0 Å². The van der Waals surface area contributed by atoms with E-state index in [1.54, 1.807) is 0 Å². The molecule has 1 fully saturated rings. The number of piperidine rings is 1. The van der Waals surface area contributed by atoms with E-state index in [4.69, 9.17) is 0 Å². The van der Waals surface area contributed by atoms with E-state index in [1.807, 2.05) is 0 Å². The number of hydrogen-bond donors (Lipinski definition) is 1. The number of hydrogen-bond acceptors (Lipinski definition) is 1. The van der Waals surface area contributed by atoms with Crippen molar-refractivity contribution in [1.82, 2.24) is 5.32 Å². The van der Waals surface area contributed by atoms with Crippen LogP contribution in [-0.4, -0.2) is 13.1 Å². The Kier molecular flexibility index (Phi) is 9.82. The van der Waals surface area contributed by atoms with Gasteiger partial charge in [-0.05, 0) is 42.6 Å². The Morgan fingerprint density at radius 2 is 1.43 bits per heavy atom. The molecule has 1 aliphatic heterocycles. The van der Waals surface area contributed by atoms with Crippen molar-refractivity contribution < 1.29 is 0 Å². The lowest BCUT2D eigenvalue weighted by molar-refractivity contribution is -0.0237. The summed E-state index contributed by atoms with van der Waals surface area (Å²) in [5.41, 5.74) is 0.988. The van der Waals surface area contributed by atoms with Crippen LogP contribution in [0.15, 0.2) is 0 Å². The topological polar surface area (TPSA) is 12.0 Å². The van der Waals surface area contributed by atoms with Gasteiger partial charge in [0.1, 0.15) is 0 Å². The molecule has 1 N–H and O–H groups in total. The van der Waals surface area contributed by atoms with Gasteiger partial charge in [-0.25, -0.2) is 0 Å². The average Bonchev–Trinajstić information content (AvgIpc) is 2.54. The van der Waals surface area contributed by atoms with Crippen LogP contribution in [-0.2, 0) is 0 Å². The summed E-state index contributed by atoms with van der Waals surface area (Å²) < 4.78 is 0. The first-order valence-corrected chi connectivity index (χ1v) is 10.7. The normalized spacial score (nSPS) is 27.8. The van der Waals surface area contributed by atoms with Crippen LogP contribution in [0.25, 0.3) is 0 Å². The first-order chi connectivity index (χ1) is 11.0. The maximum absolute atomic E-state index is 3.72. The van der Waals surface area contributed by atoms with E-state index in [0.29, 0.717) is 10.8 Å². The summed E-state index contributed by atoms with van der Waals surface area (Å²) in [6.45, 7) is 14.8.